The lowest BCUT2D eigenvalue weighted by Gasteiger charge is -2.26. The molecule has 1 heterocycles. The molecule has 1 aliphatic rings. The fraction of sp³-hybridized carbons (Fsp3) is 0.650. The topological polar surface area (TPSA) is 87.7 Å². The molecule has 0 radical (unpaired) electrons. The number of hydrogen-bond acceptors (Lipinski definition) is 5. The van der Waals surface area contributed by atoms with Gasteiger partial charge >= 0.3 is 0 Å². The number of carbonyl (C=O) groups is 1. The van der Waals surface area contributed by atoms with Gasteiger partial charge in [-0.3, -0.25) is 9.69 Å². The van der Waals surface area contributed by atoms with Crippen molar-refractivity contribution in [2.75, 3.05) is 45.9 Å². The molecule has 0 bridgehead atoms. The van der Waals surface area contributed by atoms with Gasteiger partial charge in [0.05, 0.1) is 18.1 Å². The van der Waals surface area contributed by atoms with Crippen LogP contribution in [0.15, 0.2) is 29.2 Å². The van der Waals surface area contributed by atoms with E-state index in [1.165, 1.54) is 0 Å². The van der Waals surface area contributed by atoms with Crippen LogP contribution in [0.1, 0.15) is 39.2 Å². The summed E-state index contributed by atoms with van der Waals surface area (Å²) in [5.41, 5.74) is 1.04. The van der Waals surface area contributed by atoms with Crippen molar-refractivity contribution < 1.29 is 17.9 Å². The van der Waals surface area contributed by atoms with Crippen molar-refractivity contribution in [3.8, 4) is 0 Å². The van der Waals surface area contributed by atoms with E-state index in [2.05, 4.69) is 35.7 Å². The van der Waals surface area contributed by atoms with Crippen LogP contribution in [0.4, 0.5) is 0 Å². The number of rotatable bonds is 9. The molecule has 8 heteroatoms. The van der Waals surface area contributed by atoms with Crippen molar-refractivity contribution in [3.05, 3.63) is 29.8 Å². The highest BCUT2D eigenvalue weighted by atomic mass is 32.2. The lowest BCUT2D eigenvalue weighted by atomic mass is 9.87. The first-order chi connectivity index (χ1) is 13.2. The van der Waals surface area contributed by atoms with E-state index >= 15 is 0 Å². The van der Waals surface area contributed by atoms with Crippen LogP contribution in [-0.2, 0) is 25.0 Å². The summed E-state index contributed by atoms with van der Waals surface area (Å²) in [6.45, 7) is 11.3. The number of nitrogens with one attached hydrogen (secondary N) is 2. The summed E-state index contributed by atoms with van der Waals surface area (Å²) in [7, 11) is -3.61. The Morgan fingerprint density at radius 1 is 1.11 bits per heavy atom. The summed E-state index contributed by atoms with van der Waals surface area (Å²) < 4.78 is 32.5. The number of ether oxygens (including phenoxy) is 1. The quantitative estimate of drug-likeness (QED) is 0.601. The molecule has 0 atom stereocenters. The number of hydrogen-bond donors (Lipinski definition) is 2. The van der Waals surface area contributed by atoms with Gasteiger partial charge in [-0.05, 0) is 36.1 Å². The maximum Gasteiger partial charge on any atom is 0.240 e. The van der Waals surface area contributed by atoms with Gasteiger partial charge in [-0.1, -0.05) is 32.9 Å². The highest BCUT2D eigenvalue weighted by molar-refractivity contribution is 7.89. The Kier molecular flexibility index (Phi) is 8.42. The molecule has 1 aromatic carbocycles. The maximum atomic E-state index is 12.4. The van der Waals surface area contributed by atoms with Gasteiger partial charge in [0.1, 0.15) is 0 Å². The average Bonchev–Trinajstić information content (AvgIpc) is 2.65. The van der Waals surface area contributed by atoms with Gasteiger partial charge in [0.2, 0.25) is 15.9 Å². The van der Waals surface area contributed by atoms with Crippen LogP contribution >= 0.6 is 0 Å². The third-order valence-corrected chi connectivity index (χ3v) is 6.23. The summed E-state index contributed by atoms with van der Waals surface area (Å²) in [5, 5.41) is 2.84. The molecule has 7 nitrogen and oxygen atoms in total. The third kappa shape index (κ3) is 7.50. The molecule has 0 aromatic heterocycles. The SMILES string of the molecule is CC(C)(C)c1ccc(S(=O)(=O)NCCC(=O)NCCCN2CCOCC2)cc1. The van der Waals surface area contributed by atoms with Gasteiger partial charge in [-0.25, -0.2) is 13.1 Å². The van der Waals surface area contributed by atoms with Gasteiger partial charge < -0.3 is 10.1 Å². The van der Waals surface area contributed by atoms with E-state index < -0.39 is 10.0 Å². The minimum Gasteiger partial charge on any atom is -0.379 e. The molecular formula is C20H33N3O4S. The van der Waals surface area contributed by atoms with E-state index in [1.807, 2.05) is 12.1 Å². The predicted octanol–water partition coefficient (Wildman–Crippen LogP) is 1.49. The standard InChI is InChI=1S/C20H33N3O4S/c1-20(2,3)17-5-7-18(8-6-17)28(25,26)22-11-9-19(24)21-10-4-12-23-13-15-27-16-14-23/h5-8,22H,4,9-16H2,1-3H3,(H,21,24). The van der Waals surface area contributed by atoms with Crippen molar-refractivity contribution in [2.24, 2.45) is 0 Å². The van der Waals surface area contributed by atoms with Crippen LogP contribution in [-0.4, -0.2) is 65.2 Å². The Labute approximate surface area is 168 Å². The van der Waals surface area contributed by atoms with Gasteiger partial charge in [0.25, 0.3) is 0 Å². The van der Waals surface area contributed by atoms with Crippen molar-refractivity contribution in [2.45, 2.75) is 43.9 Å². The smallest absolute Gasteiger partial charge is 0.240 e. The summed E-state index contributed by atoms with van der Waals surface area (Å²) >= 11 is 0. The monoisotopic (exact) mass is 411 g/mol. The number of sulfonamides is 1. The predicted molar refractivity (Wildman–Crippen MR) is 110 cm³/mol. The van der Waals surface area contributed by atoms with Crippen molar-refractivity contribution >= 4 is 15.9 Å². The molecule has 1 amide bonds. The normalized spacial score (nSPS) is 16.1. The Hall–Kier alpha value is -1.48. The van der Waals surface area contributed by atoms with E-state index in [0.717, 1.165) is 44.8 Å². The molecule has 28 heavy (non-hydrogen) atoms. The second kappa shape index (κ2) is 10.3. The minimum absolute atomic E-state index is 0.0322. The summed E-state index contributed by atoms with van der Waals surface area (Å²) in [6, 6.07) is 6.87. The van der Waals surface area contributed by atoms with Gasteiger partial charge in [-0.2, -0.15) is 0 Å². The molecule has 1 aromatic rings. The zero-order valence-electron chi connectivity index (χ0n) is 17.2. The number of benzene rings is 1. The zero-order chi connectivity index (χ0) is 20.6. The first-order valence-corrected chi connectivity index (χ1v) is 11.3. The molecule has 158 valence electrons. The molecule has 0 spiro atoms. The fourth-order valence-corrected chi connectivity index (χ4v) is 3.99. The summed E-state index contributed by atoms with van der Waals surface area (Å²) in [4.78, 5) is 14.4. The molecule has 2 N–H and O–H groups in total. The molecule has 0 aliphatic carbocycles. The number of nitrogens with zero attached hydrogens (tertiary/aromatic N) is 1. The molecule has 1 saturated heterocycles. The van der Waals surface area contributed by atoms with E-state index in [9.17, 15) is 13.2 Å². The minimum atomic E-state index is -3.61. The first kappa shape index (κ1) is 22.8. The van der Waals surface area contributed by atoms with E-state index in [0.29, 0.717) is 6.54 Å². The van der Waals surface area contributed by atoms with Crippen LogP contribution in [0.3, 0.4) is 0 Å². The van der Waals surface area contributed by atoms with E-state index in [4.69, 9.17) is 4.74 Å². The van der Waals surface area contributed by atoms with Crippen LogP contribution in [0.2, 0.25) is 0 Å². The molecule has 0 saturated carbocycles. The third-order valence-electron chi connectivity index (χ3n) is 4.75. The molecule has 1 fully saturated rings. The summed E-state index contributed by atoms with van der Waals surface area (Å²) in [5.74, 6) is -0.146. The average molecular weight is 412 g/mol. The highest BCUT2D eigenvalue weighted by Crippen LogP contribution is 2.23. The maximum absolute atomic E-state index is 12.4. The number of morpholine rings is 1. The lowest BCUT2D eigenvalue weighted by molar-refractivity contribution is -0.120. The molecule has 0 unspecified atom stereocenters. The second-order valence-electron chi connectivity index (χ2n) is 8.08. The Bertz CT molecular complexity index is 721. The van der Waals surface area contributed by atoms with Crippen LogP contribution < -0.4 is 10.0 Å². The molecule has 1 aliphatic heterocycles. The second-order valence-corrected chi connectivity index (χ2v) is 9.85. The van der Waals surface area contributed by atoms with Crippen LogP contribution in [0.5, 0.6) is 0 Å². The largest absolute Gasteiger partial charge is 0.379 e. The molecular weight excluding hydrogens is 378 g/mol. The van der Waals surface area contributed by atoms with Gasteiger partial charge in [0.15, 0.2) is 0 Å². The van der Waals surface area contributed by atoms with Crippen molar-refractivity contribution in [1.29, 1.82) is 0 Å². The first-order valence-electron chi connectivity index (χ1n) is 9.85. The van der Waals surface area contributed by atoms with Crippen molar-refractivity contribution in [3.63, 3.8) is 0 Å². The van der Waals surface area contributed by atoms with Crippen LogP contribution in [0, 0.1) is 0 Å². The van der Waals surface area contributed by atoms with Crippen LogP contribution in [0.25, 0.3) is 0 Å². The van der Waals surface area contributed by atoms with Crippen molar-refractivity contribution in [1.82, 2.24) is 14.9 Å². The van der Waals surface area contributed by atoms with Gasteiger partial charge in [0, 0.05) is 32.6 Å². The number of carbonyl (C=O) groups excluding carboxylic acids is 1. The highest BCUT2D eigenvalue weighted by Gasteiger charge is 2.17. The zero-order valence-corrected chi connectivity index (χ0v) is 18.0. The molecule has 2 rings (SSSR count). The van der Waals surface area contributed by atoms with E-state index in [1.54, 1.807) is 12.1 Å². The Morgan fingerprint density at radius 3 is 2.36 bits per heavy atom. The Morgan fingerprint density at radius 2 is 1.75 bits per heavy atom. The summed E-state index contributed by atoms with van der Waals surface area (Å²) in [6.07, 6.45) is 0.994. The van der Waals surface area contributed by atoms with E-state index in [-0.39, 0.29) is 29.2 Å². The number of amides is 1. The lowest BCUT2D eigenvalue weighted by Crippen LogP contribution is -2.38. The fourth-order valence-electron chi connectivity index (χ4n) is 2.96. The Balaban J connectivity index is 1.67. The van der Waals surface area contributed by atoms with Gasteiger partial charge in [-0.15, -0.1) is 0 Å².